The minimum Gasteiger partial charge on any atom is -0.466 e. The lowest BCUT2D eigenvalue weighted by Gasteiger charge is -2.28. The molecule has 0 aromatic rings. The number of ether oxygens (including phenoxy) is 1. The summed E-state index contributed by atoms with van der Waals surface area (Å²) in [5.41, 5.74) is -0.131. The van der Waals surface area contributed by atoms with Crippen molar-refractivity contribution in [3.8, 4) is 0 Å². The van der Waals surface area contributed by atoms with Crippen LogP contribution in [0, 0.1) is 11.3 Å². The molecule has 0 radical (unpaired) electrons. The SMILES string of the molecule is CCOC(=O)C1CC12CCC(F)(F)CC2. The largest absolute Gasteiger partial charge is 0.466 e. The van der Waals surface area contributed by atoms with Crippen LogP contribution in [-0.2, 0) is 9.53 Å². The summed E-state index contributed by atoms with van der Waals surface area (Å²) >= 11 is 0. The Morgan fingerprint density at radius 2 is 1.93 bits per heavy atom. The highest BCUT2D eigenvalue weighted by Crippen LogP contribution is 2.63. The summed E-state index contributed by atoms with van der Waals surface area (Å²) in [4.78, 5) is 11.4. The Morgan fingerprint density at radius 3 is 2.47 bits per heavy atom. The van der Waals surface area contributed by atoms with E-state index >= 15 is 0 Å². The van der Waals surface area contributed by atoms with Crippen molar-refractivity contribution in [3.63, 3.8) is 0 Å². The Kier molecular flexibility index (Phi) is 2.47. The first-order valence-electron chi connectivity index (χ1n) is 5.54. The van der Waals surface area contributed by atoms with Crippen molar-refractivity contribution in [2.75, 3.05) is 6.61 Å². The minimum atomic E-state index is -2.51. The van der Waals surface area contributed by atoms with Crippen molar-refractivity contribution in [3.05, 3.63) is 0 Å². The molecule has 15 heavy (non-hydrogen) atoms. The molecule has 0 bridgehead atoms. The van der Waals surface area contributed by atoms with Gasteiger partial charge < -0.3 is 4.74 Å². The molecule has 2 rings (SSSR count). The first kappa shape index (κ1) is 10.8. The maximum Gasteiger partial charge on any atom is 0.309 e. The van der Waals surface area contributed by atoms with Crippen molar-refractivity contribution in [2.45, 2.75) is 45.0 Å². The van der Waals surface area contributed by atoms with Crippen LogP contribution in [0.1, 0.15) is 39.0 Å². The fraction of sp³-hybridized carbons (Fsp3) is 0.909. The Morgan fingerprint density at radius 1 is 1.33 bits per heavy atom. The molecular weight excluding hydrogens is 202 g/mol. The number of carbonyl (C=O) groups is 1. The van der Waals surface area contributed by atoms with Crippen LogP contribution in [0.3, 0.4) is 0 Å². The quantitative estimate of drug-likeness (QED) is 0.666. The molecule has 1 unspecified atom stereocenters. The molecule has 0 N–H and O–H groups in total. The summed E-state index contributed by atoms with van der Waals surface area (Å²) in [6, 6.07) is 0. The fourth-order valence-electron chi connectivity index (χ4n) is 2.59. The van der Waals surface area contributed by atoms with Crippen molar-refractivity contribution < 1.29 is 18.3 Å². The molecule has 86 valence electrons. The third-order valence-corrected chi connectivity index (χ3v) is 3.74. The van der Waals surface area contributed by atoms with Gasteiger partial charge in [-0.05, 0) is 31.6 Å². The first-order chi connectivity index (χ1) is 6.99. The topological polar surface area (TPSA) is 26.3 Å². The van der Waals surface area contributed by atoms with E-state index in [1.165, 1.54) is 0 Å². The second-order valence-electron chi connectivity index (χ2n) is 4.73. The number of hydrogen-bond acceptors (Lipinski definition) is 2. The highest BCUT2D eigenvalue weighted by atomic mass is 19.3. The predicted octanol–water partition coefficient (Wildman–Crippen LogP) is 2.77. The third kappa shape index (κ3) is 1.99. The molecular formula is C11H16F2O2. The molecule has 0 amide bonds. The monoisotopic (exact) mass is 218 g/mol. The van der Waals surface area contributed by atoms with Gasteiger partial charge in [-0.2, -0.15) is 0 Å². The molecule has 2 saturated carbocycles. The van der Waals surface area contributed by atoms with Gasteiger partial charge in [-0.25, -0.2) is 8.78 Å². The van der Waals surface area contributed by atoms with Crippen LogP contribution < -0.4 is 0 Å². The van der Waals surface area contributed by atoms with Gasteiger partial charge in [0.1, 0.15) is 0 Å². The van der Waals surface area contributed by atoms with Gasteiger partial charge >= 0.3 is 5.97 Å². The van der Waals surface area contributed by atoms with Crippen molar-refractivity contribution in [2.24, 2.45) is 11.3 Å². The van der Waals surface area contributed by atoms with E-state index in [1.807, 2.05) is 0 Å². The van der Waals surface area contributed by atoms with Gasteiger partial charge in [0.2, 0.25) is 5.92 Å². The van der Waals surface area contributed by atoms with Gasteiger partial charge in [0.15, 0.2) is 0 Å². The lowest BCUT2D eigenvalue weighted by atomic mass is 9.82. The van der Waals surface area contributed by atoms with E-state index in [1.54, 1.807) is 6.92 Å². The first-order valence-corrected chi connectivity index (χ1v) is 5.54. The van der Waals surface area contributed by atoms with Crippen molar-refractivity contribution >= 4 is 5.97 Å². The smallest absolute Gasteiger partial charge is 0.309 e. The average Bonchev–Trinajstić information content (AvgIpc) is 2.87. The van der Waals surface area contributed by atoms with Gasteiger partial charge in [-0.15, -0.1) is 0 Å². The van der Waals surface area contributed by atoms with E-state index in [9.17, 15) is 13.6 Å². The van der Waals surface area contributed by atoms with E-state index in [0.717, 1.165) is 6.42 Å². The summed E-state index contributed by atoms with van der Waals surface area (Å²) in [5.74, 6) is -2.80. The third-order valence-electron chi connectivity index (χ3n) is 3.74. The molecule has 2 aliphatic rings. The highest BCUT2D eigenvalue weighted by molar-refractivity contribution is 5.77. The lowest BCUT2D eigenvalue weighted by molar-refractivity contribution is -0.146. The van der Waals surface area contributed by atoms with Crippen molar-refractivity contribution in [1.29, 1.82) is 0 Å². The molecule has 2 aliphatic carbocycles. The Bertz CT molecular complexity index is 266. The minimum absolute atomic E-state index is 0.0666. The number of rotatable bonds is 2. The summed E-state index contributed by atoms with van der Waals surface area (Å²) in [7, 11) is 0. The number of alkyl halides is 2. The Balaban J connectivity index is 1.89. The Hall–Kier alpha value is -0.670. The lowest BCUT2D eigenvalue weighted by Crippen LogP contribution is -2.27. The zero-order valence-corrected chi connectivity index (χ0v) is 8.89. The summed E-state index contributed by atoms with van der Waals surface area (Å²) in [5, 5.41) is 0. The van der Waals surface area contributed by atoms with Crippen LogP contribution >= 0.6 is 0 Å². The van der Waals surface area contributed by atoms with Crippen LogP contribution in [0.15, 0.2) is 0 Å². The normalized spacial score (nSPS) is 31.3. The van der Waals surface area contributed by atoms with Crippen LogP contribution in [0.25, 0.3) is 0 Å². The van der Waals surface area contributed by atoms with Gasteiger partial charge in [0, 0.05) is 12.8 Å². The predicted molar refractivity (Wildman–Crippen MR) is 50.6 cm³/mol. The molecule has 4 heteroatoms. The molecule has 0 aromatic carbocycles. The number of halogens is 2. The molecule has 0 heterocycles. The molecule has 0 saturated heterocycles. The number of esters is 1. The molecule has 1 spiro atoms. The fourth-order valence-corrected chi connectivity index (χ4v) is 2.59. The summed E-state index contributed by atoms with van der Waals surface area (Å²) < 4.78 is 30.8. The van der Waals surface area contributed by atoms with Crippen LogP contribution in [-0.4, -0.2) is 18.5 Å². The standard InChI is InChI=1S/C11H16F2O2/c1-2-15-9(14)8-7-10(8)3-5-11(12,13)6-4-10/h8H,2-7H2,1H3. The summed E-state index contributed by atoms with van der Waals surface area (Å²) in [6.07, 6.45) is 1.57. The van der Waals surface area contributed by atoms with Crippen molar-refractivity contribution in [1.82, 2.24) is 0 Å². The maximum atomic E-state index is 12.9. The second-order valence-corrected chi connectivity index (χ2v) is 4.73. The van der Waals surface area contributed by atoms with Crippen LogP contribution in [0.5, 0.6) is 0 Å². The molecule has 2 nitrogen and oxygen atoms in total. The number of hydrogen-bond donors (Lipinski definition) is 0. The molecule has 2 fully saturated rings. The van der Waals surface area contributed by atoms with E-state index in [2.05, 4.69) is 0 Å². The van der Waals surface area contributed by atoms with Gasteiger partial charge in [0.25, 0.3) is 0 Å². The van der Waals surface area contributed by atoms with Gasteiger partial charge in [0.05, 0.1) is 12.5 Å². The molecule has 1 atom stereocenters. The number of carbonyl (C=O) groups excluding carboxylic acids is 1. The molecule has 0 aromatic heterocycles. The Labute approximate surface area is 88.0 Å². The van der Waals surface area contributed by atoms with E-state index in [4.69, 9.17) is 4.74 Å². The van der Waals surface area contributed by atoms with Crippen LogP contribution in [0.4, 0.5) is 8.78 Å². The second kappa shape index (κ2) is 3.42. The van der Waals surface area contributed by atoms with Gasteiger partial charge in [-0.3, -0.25) is 4.79 Å². The van der Waals surface area contributed by atoms with E-state index in [-0.39, 0.29) is 30.1 Å². The average molecular weight is 218 g/mol. The van der Waals surface area contributed by atoms with E-state index in [0.29, 0.717) is 19.4 Å². The maximum absolute atomic E-state index is 12.9. The van der Waals surface area contributed by atoms with Crippen LogP contribution in [0.2, 0.25) is 0 Å². The molecule has 0 aliphatic heterocycles. The zero-order valence-electron chi connectivity index (χ0n) is 8.89. The van der Waals surface area contributed by atoms with E-state index < -0.39 is 5.92 Å². The highest BCUT2D eigenvalue weighted by Gasteiger charge is 2.61. The summed E-state index contributed by atoms with van der Waals surface area (Å²) in [6.45, 7) is 2.14. The zero-order chi connectivity index (χ0) is 11.1. The van der Waals surface area contributed by atoms with Gasteiger partial charge in [-0.1, -0.05) is 0 Å².